The first kappa shape index (κ1) is 20.3. The first-order chi connectivity index (χ1) is 11.2. The molecule has 134 valence electrons. The predicted octanol–water partition coefficient (Wildman–Crippen LogP) is 1.76. The van der Waals surface area contributed by atoms with E-state index in [-0.39, 0.29) is 38.0 Å². The molecule has 0 radical (unpaired) electrons. The number of rotatable bonds is 8. The Morgan fingerprint density at radius 3 is 1.87 bits per heavy atom. The van der Waals surface area contributed by atoms with E-state index < -0.39 is 0 Å². The summed E-state index contributed by atoms with van der Waals surface area (Å²) in [6.07, 6.45) is 9.02. The number of allylic oxidation sites excluding steroid dienone is 3. The Morgan fingerprint density at radius 2 is 1.48 bits per heavy atom. The van der Waals surface area contributed by atoms with Crippen LogP contribution in [0.25, 0.3) is 0 Å². The lowest BCUT2D eigenvalue weighted by Crippen LogP contribution is -2.16. The van der Waals surface area contributed by atoms with Gasteiger partial charge in [-0.05, 0) is 19.8 Å². The molecule has 2 N–H and O–H groups in total. The smallest absolute Gasteiger partial charge is 0.158 e. The van der Waals surface area contributed by atoms with Crippen LogP contribution in [0.1, 0.15) is 32.6 Å². The molecule has 0 spiro atoms. The van der Waals surface area contributed by atoms with Gasteiger partial charge in [0.15, 0.2) is 12.6 Å². The van der Waals surface area contributed by atoms with Gasteiger partial charge in [-0.3, -0.25) is 0 Å². The van der Waals surface area contributed by atoms with Crippen molar-refractivity contribution in [2.75, 3.05) is 26.4 Å². The van der Waals surface area contributed by atoms with E-state index in [1.165, 1.54) is 0 Å². The standard InChI is InChI=1S/C9H16O3.C8H14O3/c1-2-3-4-5-9-11-7-8(6-10)12-9;1-2-3-4-8-10-6-7(5-9)11-8/h2-3,8-10H,4-7H2,1H3;2,7-9H,1,3-6H2. The average Bonchev–Trinajstić information content (AvgIpc) is 3.22. The fraction of sp³-hybridized carbons (Fsp3) is 0.765. The monoisotopic (exact) mass is 330 g/mol. The SMILES string of the molecule is C=CCCC1OCC(CO)O1.CC=CCCC1OCC(CO)O1. The van der Waals surface area contributed by atoms with E-state index in [0.717, 1.165) is 25.7 Å². The first-order valence-corrected chi connectivity index (χ1v) is 8.21. The van der Waals surface area contributed by atoms with Crippen molar-refractivity contribution in [2.24, 2.45) is 0 Å². The molecule has 0 amide bonds. The Hall–Kier alpha value is -0.760. The predicted molar refractivity (Wildman–Crippen MR) is 86.9 cm³/mol. The van der Waals surface area contributed by atoms with Crippen molar-refractivity contribution >= 4 is 0 Å². The third-order valence-corrected chi connectivity index (χ3v) is 3.44. The number of ether oxygens (including phenoxy) is 4. The van der Waals surface area contributed by atoms with Gasteiger partial charge >= 0.3 is 0 Å². The summed E-state index contributed by atoms with van der Waals surface area (Å²) in [4.78, 5) is 0. The van der Waals surface area contributed by atoms with E-state index in [0.29, 0.717) is 13.2 Å². The van der Waals surface area contributed by atoms with Crippen molar-refractivity contribution in [3.05, 3.63) is 24.8 Å². The Kier molecular flexibility index (Phi) is 11.1. The number of hydrogen-bond donors (Lipinski definition) is 2. The first-order valence-electron chi connectivity index (χ1n) is 8.21. The molecule has 2 aliphatic rings. The number of aliphatic hydroxyl groups is 2. The van der Waals surface area contributed by atoms with E-state index in [2.05, 4.69) is 12.7 Å². The third-order valence-electron chi connectivity index (χ3n) is 3.44. The highest BCUT2D eigenvalue weighted by atomic mass is 16.7. The van der Waals surface area contributed by atoms with Gasteiger partial charge in [0.05, 0.1) is 26.4 Å². The quantitative estimate of drug-likeness (QED) is 0.661. The Bertz CT molecular complexity index is 333. The number of aliphatic hydroxyl groups excluding tert-OH is 2. The van der Waals surface area contributed by atoms with Gasteiger partial charge in [0.1, 0.15) is 12.2 Å². The molecule has 2 fully saturated rings. The molecule has 2 aliphatic heterocycles. The van der Waals surface area contributed by atoms with E-state index in [1.54, 1.807) is 0 Å². The summed E-state index contributed by atoms with van der Waals surface area (Å²) >= 11 is 0. The zero-order valence-corrected chi connectivity index (χ0v) is 13.9. The van der Waals surface area contributed by atoms with Crippen molar-refractivity contribution < 1.29 is 29.2 Å². The van der Waals surface area contributed by atoms with Gasteiger partial charge in [-0.25, -0.2) is 0 Å². The molecule has 0 aromatic rings. The maximum atomic E-state index is 8.74. The van der Waals surface area contributed by atoms with Crippen LogP contribution in [0.4, 0.5) is 0 Å². The fourth-order valence-electron chi connectivity index (χ4n) is 2.16. The molecule has 0 bridgehead atoms. The average molecular weight is 330 g/mol. The molecular formula is C17H30O6. The number of hydrogen-bond acceptors (Lipinski definition) is 6. The molecule has 0 aromatic heterocycles. The van der Waals surface area contributed by atoms with Crippen molar-refractivity contribution in [3.63, 3.8) is 0 Å². The van der Waals surface area contributed by atoms with Gasteiger partial charge in [0, 0.05) is 12.8 Å². The molecule has 6 heteroatoms. The molecule has 4 atom stereocenters. The lowest BCUT2D eigenvalue weighted by molar-refractivity contribution is -0.0684. The van der Waals surface area contributed by atoms with Crippen molar-refractivity contribution in [1.82, 2.24) is 0 Å². The second-order valence-corrected chi connectivity index (χ2v) is 5.42. The minimum Gasteiger partial charge on any atom is -0.394 e. The largest absolute Gasteiger partial charge is 0.394 e. The fourth-order valence-corrected chi connectivity index (χ4v) is 2.16. The van der Waals surface area contributed by atoms with Gasteiger partial charge < -0.3 is 29.2 Å². The zero-order valence-electron chi connectivity index (χ0n) is 13.9. The van der Waals surface area contributed by atoms with Crippen LogP contribution in [0, 0.1) is 0 Å². The van der Waals surface area contributed by atoms with Crippen LogP contribution in [0.2, 0.25) is 0 Å². The van der Waals surface area contributed by atoms with Gasteiger partial charge in [-0.2, -0.15) is 0 Å². The molecule has 2 saturated heterocycles. The lowest BCUT2D eigenvalue weighted by Gasteiger charge is -2.07. The lowest BCUT2D eigenvalue weighted by atomic mass is 10.3. The topological polar surface area (TPSA) is 77.4 Å². The van der Waals surface area contributed by atoms with Crippen LogP contribution in [0.5, 0.6) is 0 Å². The van der Waals surface area contributed by atoms with Crippen LogP contribution >= 0.6 is 0 Å². The summed E-state index contributed by atoms with van der Waals surface area (Å²) in [6.45, 7) is 6.73. The van der Waals surface area contributed by atoms with E-state index in [4.69, 9.17) is 29.2 Å². The summed E-state index contributed by atoms with van der Waals surface area (Å²) < 4.78 is 21.2. The van der Waals surface area contributed by atoms with Crippen molar-refractivity contribution in [2.45, 2.75) is 57.4 Å². The normalized spacial score (nSPS) is 30.4. The van der Waals surface area contributed by atoms with Crippen LogP contribution in [-0.4, -0.2) is 61.4 Å². The van der Waals surface area contributed by atoms with E-state index in [1.807, 2.05) is 19.1 Å². The minimum absolute atomic E-state index is 0.0462. The Balaban J connectivity index is 0.000000231. The van der Waals surface area contributed by atoms with Crippen molar-refractivity contribution in [3.8, 4) is 0 Å². The summed E-state index contributed by atoms with van der Waals surface area (Å²) in [5.41, 5.74) is 0. The Labute approximate surface area is 138 Å². The molecule has 2 heterocycles. The van der Waals surface area contributed by atoms with Crippen LogP contribution in [0.3, 0.4) is 0 Å². The summed E-state index contributed by atoms with van der Waals surface area (Å²) in [6, 6.07) is 0. The van der Waals surface area contributed by atoms with Crippen LogP contribution < -0.4 is 0 Å². The van der Waals surface area contributed by atoms with Crippen molar-refractivity contribution in [1.29, 1.82) is 0 Å². The highest BCUT2D eigenvalue weighted by Gasteiger charge is 2.24. The molecule has 0 aliphatic carbocycles. The highest BCUT2D eigenvalue weighted by molar-refractivity contribution is 4.78. The van der Waals surface area contributed by atoms with Gasteiger partial charge in [-0.15, -0.1) is 6.58 Å². The zero-order chi connectivity index (χ0) is 16.9. The summed E-state index contributed by atoms with van der Waals surface area (Å²) in [5, 5.41) is 17.4. The van der Waals surface area contributed by atoms with E-state index in [9.17, 15) is 0 Å². The second kappa shape index (κ2) is 12.6. The summed E-state index contributed by atoms with van der Waals surface area (Å²) in [7, 11) is 0. The Morgan fingerprint density at radius 1 is 0.957 bits per heavy atom. The van der Waals surface area contributed by atoms with Crippen LogP contribution in [-0.2, 0) is 18.9 Å². The van der Waals surface area contributed by atoms with Crippen LogP contribution in [0.15, 0.2) is 24.8 Å². The van der Waals surface area contributed by atoms with Gasteiger partial charge in [0.25, 0.3) is 0 Å². The molecule has 23 heavy (non-hydrogen) atoms. The van der Waals surface area contributed by atoms with Gasteiger partial charge in [0.2, 0.25) is 0 Å². The minimum atomic E-state index is -0.134. The molecular weight excluding hydrogens is 300 g/mol. The molecule has 0 aromatic carbocycles. The molecule has 0 saturated carbocycles. The highest BCUT2D eigenvalue weighted by Crippen LogP contribution is 2.16. The second-order valence-electron chi connectivity index (χ2n) is 5.42. The maximum Gasteiger partial charge on any atom is 0.158 e. The molecule has 6 nitrogen and oxygen atoms in total. The molecule has 4 unspecified atom stereocenters. The third kappa shape index (κ3) is 8.60. The summed E-state index contributed by atoms with van der Waals surface area (Å²) in [5.74, 6) is 0. The molecule has 2 rings (SSSR count). The van der Waals surface area contributed by atoms with E-state index >= 15 is 0 Å². The van der Waals surface area contributed by atoms with Gasteiger partial charge in [-0.1, -0.05) is 18.2 Å². The maximum absolute atomic E-state index is 8.74.